The maximum absolute atomic E-state index is 11.1. The zero-order chi connectivity index (χ0) is 12.1. The van der Waals surface area contributed by atoms with E-state index in [-0.39, 0.29) is 5.92 Å². The molecule has 1 aromatic carbocycles. The standard InChI is InChI=1S/C13H17NO2/c1-4-10-7-5-6-8-11(10)14-12(9(2)3)13(15)16/h4-9,12,14H,1H2,2-3H3,(H,15,16)/t12-/m0/s1. The summed E-state index contributed by atoms with van der Waals surface area (Å²) in [6, 6.07) is 6.94. The Morgan fingerprint density at radius 1 is 1.44 bits per heavy atom. The summed E-state index contributed by atoms with van der Waals surface area (Å²) in [5.41, 5.74) is 1.72. The fourth-order valence-corrected chi connectivity index (χ4v) is 1.49. The molecule has 0 saturated carbocycles. The topological polar surface area (TPSA) is 49.3 Å². The largest absolute Gasteiger partial charge is 0.480 e. The molecule has 0 fully saturated rings. The first kappa shape index (κ1) is 12.3. The van der Waals surface area contributed by atoms with Crippen LogP contribution < -0.4 is 5.32 Å². The van der Waals surface area contributed by atoms with Crippen molar-refractivity contribution in [2.24, 2.45) is 5.92 Å². The van der Waals surface area contributed by atoms with Crippen LogP contribution in [0.2, 0.25) is 0 Å². The molecule has 0 unspecified atom stereocenters. The van der Waals surface area contributed by atoms with Crippen LogP contribution >= 0.6 is 0 Å². The molecule has 0 bridgehead atoms. The maximum Gasteiger partial charge on any atom is 0.326 e. The zero-order valence-corrected chi connectivity index (χ0v) is 9.60. The second kappa shape index (κ2) is 5.35. The molecule has 0 amide bonds. The smallest absolute Gasteiger partial charge is 0.326 e. The van der Waals surface area contributed by atoms with E-state index in [0.717, 1.165) is 11.3 Å². The fourth-order valence-electron chi connectivity index (χ4n) is 1.49. The molecule has 0 spiro atoms. The Balaban J connectivity index is 2.93. The number of carbonyl (C=O) groups is 1. The number of benzene rings is 1. The number of hydrogen-bond donors (Lipinski definition) is 2. The summed E-state index contributed by atoms with van der Waals surface area (Å²) in [4.78, 5) is 11.1. The number of hydrogen-bond acceptors (Lipinski definition) is 2. The van der Waals surface area contributed by atoms with E-state index < -0.39 is 12.0 Å². The van der Waals surface area contributed by atoms with Crippen LogP contribution in [0.4, 0.5) is 5.69 Å². The molecule has 0 aromatic heterocycles. The molecule has 0 aliphatic heterocycles. The van der Waals surface area contributed by atoms with Crippen molar-refractivity contribution >= 4 is 17.7 Å². The Morgan fingerprint density at radius 3 is 2.56 bits per heavy atom. The van der Waals surface area contributed by atoms with Crippen molar-refractivity contribution in [3.8, 4) is 0 Å². The third kappa shape index (κ3) is 2.86. The molecule has 0 saturated heterocycles. The van der Waals surface area contributed by atoms with Crippen LogP contribution in [-0.4, -0.2) is 17.1 Å². The molecule has 0 heterocycles. The SMILES string of the molecule is C=Cc1ccccc1N[C@H](C(=O)O)C(C)C. The molecule has 86 valence electrons. The number of carboxylic acids is 1. The molecule has 0 aliphatic carbocycles. The van der Waals surface area contributed by atoms with Crippen molar-refractivity contribution in [2.75, 3.05) is 5.32 Å². The normalized spacial score (nSPS) is 12.2. The van der Waals surface area contributed by atoms with Gasteiger partial charge < -0.3 is 10.4 Å². The van der Waals surface area contributed by atoms with Gasteiger partial charge in [0.1, 0.15) is 6.04 Å². The van der Waals surface area contributed by atoms with Crippen LogP contribution in [0.5, 0.6) is 0 Å². The van der Waals surface area contributed by atoms with Crippen molar-refractivity contribution in [1.82, 2.24) is 0 Å². The second-order valence-electron chi connectivity index (χ2n) is 4.00. The Kier molecular flexibility index (Phi) is 4.11. The van der Waals surface area contributed by atoms with Crippen LogP contribution in [0.25, 0.3) is 6.08 Å². The first-order valence-corrected chi connectivity index (χ1v) is 5.27. The van der Waals surface area contributed by atoms with Gasteiger partial charge in [0.2, 0.25) is 0 Å². The van der Waals surface area contributed by atoms with Crippen molar-refractivity contribution in [3.63, 3.8) is 0 Å². The van der Waals surface area contributed by atoms with Gasteiger partial charge >= 0.3 is 5.97 Å². The zero-order valence-electron chi connectivity index (χ0n) is 9.60. The summed E-state index contributed by atoms with van der Waals surface area (Å²) in [5.74, 6) is -0.816. The van der Waals surface area contributed by atoms with Gasteiger partial charge in [-0.2, -0.15) is 0 Å². The molecule has 2 N–H and O–H groups in total. The number of aliphatic carboxylic acids is 1. The summed E-state index contributed by atoms with van der Waals surface area (Å²) >= 11 is 0. The molecular formula is C13H17NO2. The third-order valence-corrected chi connectivity index (χ3v) is 2.42. The van der Waals surface area contributed by atoms with E-state index in [1.807, 2.05) is 38.1 Å². The molecule has 1 rings (SSSR count). The van der Waals surface area contributed by atoms with Gasteiger partial charge in [-0.05, 0) is 17.5 Å². The predicted octanol–water partition coefficient (Wildman–Crippen LogP) is 2.85. The lowest BCUT2D eigenvalue weighted by molar-refractivity contribution is -0.138. The number of anilines is 1. The number of carboxylic acid groups (broad SMARTS) is 1. The molecule has 0 aliphatic rings. The molecule has 0 radical (unpaired) electrons. The molecular weight excluding hydrogens is 202 g/mol. The van der Waals surface area contributed by atoms with Crippen LogP contribution in [0.15, 0.2) is 30.8 Å². The van der Waals surface area contributed by atoms with Gasteiger partial charge in [-0.3, -0.25) is 0 Å². The highest BCUT2D eigenvalue weighted by Gasteiger charge is 2.21. The summed E-state index contributed by atoms with van der Waals surface area (Å²) in [6.45, 7) is 7.46. The van der Waals surface area contributed by atoms with Crippen molar-refractivity contribution in [1.29, 1.82) is 0 Å². The lowest BCUT2D eigenvalue weighted by Crippen LogP contribution is -2.34. The van der Waals surface area contributed by atoms with E-state index >= 15 is 0 Å². The highest BCUT2D eigenvalue weighted by Crippen LogP contribution is 2.19. The molecule has 3 nitrogen and oxygen atoms in total. The van der Waals surface area contributed by atoms with Crippen molar-refractivity contribution in [3.05, 3.63) is 36.4 Å². The average molecular weight is 219 g/mol. The first-order chi connectivity index (χ1) is 7.56. The number of para-hydroxylation sites is 1. The van der Waals surface area contributed by atoms with Gasteiger partial charge in [0.25, 0.3) is 0 Å². The lowest BCUT2D eigenvalue weighted by atomic mass is 10.0. The quantitative estimate of drug-likeness (QED) is 0.800. The monoisotopic (exact) mass is 219 g/mol. The summed E-state index contributed by atoms with van der Waals surface area (Å²) < 4.78 is 0. The Morgan fingerprint density at radius 2 is 2.06 bits per heavy atom. The molecule has 1 atom stereocenters. The minimum atomic E-state index is -0.839. The summed E-state index contributed by atoms with van der Waals surface area (Å²) in [7, 11) is 0. The third-order valence-electron chi connectivity index (χ3n) is 2.42. The van der Waals surface area contributed by atoms with Crippen LogP contribution in [-0.2, 0) is 4.79 Å². The maximum atomic E-state index is 11.1. The van der Waals surface area contributed by atoms with Gasteiger partial charge in [0, 0.05) is 5.69 Å². The minimum absolute atomic E-state index is 0.0235. The van der Waals surface area contributed by atoms with Gasteiger partial charge in [-0.15, -0.1) is 0 Å². The number of rotatable bonds is 5. The van der Waals surface area contributed by atoms with Gasteiger partial charge in [0.05, 0.1) is 0 Å². The Labute approximate surface area is 95.8 Å². The van der Waals surface area contributed by atoms with Gasteiger partial charge in [-0.25, -0.2) is 4.79 Å². The van der Waals surface area contributed by atoms with Crippen molar-refractivity contribution in [2.45, 2.75) is 19.9 Å². The molecule has 16 heavy (non-hydrogen) atoms. The van der Waals surface area contributed by atoms with E-state index in [1.165, 1.54) is 0 Å². The van der Waals surface area contributed by atoms with Crippen molar-refractivity contribution < 1.29 is 9.90 Å². The second-order valence-corrected chi connectivity index (χ2v) is 4.00. The van der Waals surface area contributed by atoms with Gasteiger partial charge in [-0.1, -0.05) is 44.7 Å². The predicted molar refractivity (Wildman–Crippen MR) is 66.4 cm³/mol. The Bertz CT molecular complexity index is 385. The minimum Gasteiger partial charge on any atom is -0.480 e. The van der Waals surface area contributed by atoms with E-state index in [2.05, 4.69) is 11.9 Å². The van der Waals surface area contributed by atoms with Crippen LogP contribution in [0.3, 0.4) is 0 Å². The summed E-state index contributed by atoms with van der Waals surface area (Å²) in [5, 5.41) is 12.1. The van der Waals surface area contributed by atoms with E-state index in [0.29, 0.717) is 0 Å². The highest BCUT2D eigenvalue weighted by atomic mass is 16.4. The lowest BCUT2D eigenvalue weighted by Gasteiger charge is -2.20. The van der Waals surface area contributed by atoms with Crippen LogP contribution in [0.1, 0.15) is 19.4 Å². The highest BCUT2D eigenvalue weighted by molar-refractivity contribution is 5.79. The average Bonchev–Trinajstić information content (AvgIpc) is 2.25. The fraction of sp³-hybridized carbons (Fsp3) is 0.308. The molecule has 3 heteroatoms. The van der Waals surface area contributed by atoms with Gasteiger partial charge in [0.15, 0.2) is 0 Å². The first-order valence-electron chi connectivity index (χ1n) is 5.27. The van der Waals surface area contributed by atoms with E-state index in [1.54, 1.807) is 6.08 Å². The molecule has 1 aromatic rings. The van der Waals surface area contributed by atoms with E-state index in [9.17, 15) is 4.79 Å². The Hall–Kier alpha value is -1.77. The van der Waals surface area contributed by atoms with E-state index in [4.69, 9.17) is 5.11 Å². The number of nitrogens with one attached hydrogen (secondary N) is 1. The van der Waals surface area contributed by atoms with Crippen LogP contribution in [0, 0.1) is 5.92 Å². The summed E-state index contributed by atoms with van der Waals surface area (Å²) in [6.07, 6.45) is 1.71.